The zero-order chi connectivity index (χ0) is 23.9. The summed E-state index contributed by atoms with van der Waals surface area (Å²) in [5, 5.41) is 17.7. The highest BCUT2D eigenvalue weighted by Gasteiger charge is 2.25. The Morgan fingerprint density at radius 3 is 2.74 bits per heavy atom. The molecule has 10 heteroatoms. The van der Waals surface area contributed by atoms with E-state index in [0.29, 0.717) is 35.6 Å². The fourth-order valence-electron chi connectivity index (χ4n) is 3.69. The molecule has 34 heavy (non-hydrogen) atoms. The van der Waals surface area contributed by atoms with E-state index < -0.39 is 5.97 Å². The van der Waals surface area contributed by atoms with Gasteiger partial charge in [0.25, 0.3) is 0 Å². The van der Waals surface area contributed by atoms with Crippen LogP contribution in [0.25, 0.3) is 0 Å². The first-order valence-corrected chi connectivity index (χ1v) is 11.6. The summed E-state index contributed by atoms with van der Waals surface area (Å²) < 4.78 is 17.1. The van der Waals surface area contributed by atoms with Gasteiger partial charge in [0.2, 0.25) is 5.91 Å². The maximum absolute atomic E-state index is 12.6. The van der Waals surface area contributed by atoms with Crippen molar-refractivity contribution in [1.29, 1.82) is 0 Å². The van der Waals surface area contributed by atoms with Gasteiger partial charge >= 0.3 is 5.97 Å². The van der Waals surface area contributed by atoms with E-state index >= 15 is 0 Å². The van der Waals surface area contributed by atoms with Gasteiger partial charge in [0.15, 0.2) is 16.6 Å². The van der Waals surface area contributed by atoms with Crippen LogP contribution in [0.15, 0.2) is 48.0 Å². The Bertz CT molecular complexity index is 1130. The van der Waals surface area contributed by atoms with Gasteiger partial charge < -0.3 is 30.0 Å². The van der Waals surface area contributed by atoms with Crippen LogP contribution in [0.4, 0.5) is 5.13 Å². The summed E-state index contributed by atoms with van der Waals surface area (Å²) in [5.41, 5.74) is 2.20. The monoisotopic (exact) mass is 483 g/mol. The lowest BCUT2D eigenvalue weighted by Gasteiger charge is -2.28. The number of carbonyl (C=O) groups excluding carboxylic acids is 1. The Morgan fingerprint density at radius 1 is 1.21 bits per heavy atom. The van der Waals surface area contributed by atoms with Gasteiger partial charge in [-0.1, -0.05) is 0 Å². The number of methoxy groups -OCH3 is 1. The van der Waals surface area contributed by atoms with E-state index in [1.54, 1.807) is 25.4 Å². The molecule has 1 aliphatic rings. The minimum atomic E-state index is -1.01. The number of carbonyl (C=O) groups is 2. The molecule has 3 N–H and O–H groups in total. The summed E-state index contributed by atoms with van der Waals surface area (Å²) in [5.74, 6) is 0.377. The smallest absolute Gasteiger partial charge is 0.335 e. The molecule has 2 heterocycles. The van der Waals surface area contributed by atoms with Gasteiger partial charge in [-0.25, -0.2) is 9.78 Å². The number of benzene rings is 2. The average molecular weight is 484 g/mol. The van der Waals surface area contributed by atoms with Crippen molar-refractivity contribution in [2.45, 2.75) is 18.9 Å². The molecule has 178 valence electrons. The van der Waals surface area contributed by atoms with Crippen molar-refractivity contribution < 1.29 is 28.9 Å². The molecule has 2 aromatic carbocycles. The van der Waals surface area contributed by atoms with E-state index in [9.17, 15) is 9.59 Å². The van der Waals surface area contributed by atoms with E-state index in [-0.39, 0.29) is 23.9 Å². The van der Waals surface area contributed by atoms with Crippen molar-refractivity contribution in [1.82, 2.24) is 10.3 Å². The van der Waals surface area contributed by atoms with Gasteiger partial charge in [-0.05, 0) is 60.5 Å². The minimum absolute atomic E-state index is 0.132. The highest BCUT2D eigenvalue weighted by atomic mass is 32.1. The van der Waals surface area contributed by atoms with Crippen LogP contribution in [-0.2, 0) is 16.0 Å². The second kappa shape index (κ2) is 11.1. The predicted octanol–water partition coefficient (Wildman–Crippen LogP) is 3.87. The van der Waals surface area contributed by atoms with E-state index in [4.69, 9.17) is 19.3 Å². The fourth-order valence-corrected chi connectivity index (χ4v) is 4.24. The van der Waals surface area contributed by atoms with E-state index in [0.717, 1.165) is 24.1 Å². The summed E-state index contributed by atoms with van der Waals surface area (Å²) >= 11 is 1.37. The number of aromatic nitrogens is 1. The number of anilines is 1. The Morgan fingerprint density at radius 2 is 2.03 bits per heavy atom. The second-order valence-electron chi connectivity index (χ2n) is 7.62. The van der Waals surface area contributed by atoms with Gasteiger partial charge in [-0.3, -0.25) is 4.79 Å². The molecule has 1 aliphatic heterocycles. The molecule has 1 unspecified atom stereocenters. The number of nitrogens with one attached hydrogen (secondary N) is 2. The van der Waals surface area contributed by atoms with E-state index in [2.05, 4.69) is 15.6 Å². The van der Waals surface area contributed by atoms with Gasteiger partial charge in [-0.2, -0.15) is 0 Å². The first-order chi connectivity index (χ1) is 16.5. The van der Waals surface area contributed by atoms with Gasteiger partial charge in [-0.15, -0.1) is 11.3 Å². The molecule has 1 amide bonds. The quantitative estimate of drug-likeness (QED) is 0.372. The highest BCUT2D eigenvalue weighted by Crippen LogP contribution is 2.39. The second-order valence-corrected chi connectivity index (χ2v) is 8.51. The van der Waals surface area contributed by atoms with Crippen LogP contribution in [0.1, 0.15) is 33.9 Å². The average Bonchev–Trinajstić information content (AvgIpc) is 3.33. The summed E-state index contributed by atoms with van der Waals surface area (Å²) in [7, 11) is 1.60. The van der Waals surface area contributed by atoms with Crippen molar-refractivity contribution in [2.75, 3.05) is 32.2 Å². The summed E-state index contributed by atoms with van der Waals surface area (Å²) in [6.45, 7) is 1.50. The Kier molecular flexibility index (Phi) is 7.73. The van der Waals surface area contributed by atoms with Gasteiger partial charge in [0, 0.05) is 31.1 Å². The summed E-state index contributed by atoms with van der Waals surface area (Å²) in [6, 6.07) is 9.78. The predicted molar refractivity (Wildman–Crippen MR) is 127 cm³/mol. The largest absolute Gasteiger partial charge is 0.487 e. The van der Waals surface area contributed by atoms with Crippen LogP contribution in [0.2, 0.25) is 0 Å². The minimum Gasteiger partial charge on any atom is -0.487 e. The maximum atomic E-state index is 12.6. The van der Waals surface area contributed by atoms with Crippen LogP contribution in [-0.4, -0.2) is 48.8 Å². The molecular weight excluding hydrogens is 458 g/mol. The number of fused-ring (bicyclic) bond motifs is 1. The SMILES string of the molecule is COCCOc1cc2c(cc1Oc1ccc(C(=O)O)cc1)C(CC(=O)Nc1nccs1)NCC2. The molecule has 0 saturated carbocycles. The molecule has 0 fully saturated rings. The number of rotatable bonds is 10. The Hall–Kier alpha value is -3.47. The normalized spacial score (nSPS) is 14.8. The molecule has 4 rings (SSSR count). The lowest BCUT2D eigenvalue weighted by atomic mass is 9.91. The summed E-state index contributed by atoms with van der Waals surface area (Å²) in [4.78, 5) is 27.8. The molecule has 1 atom stereocenters. The zero-order valence-electron chi connectivity index (χ0n) is 18.6. The molecular formula is C24H25N3O6S. The highest BCUT2D eigenvalue weighted by molar-refractivity contribution is 7.13. The molecule has 3 aromatic rings. The van der Waals surface area contributed by atoms with Crippen LogP contribution in [0.5, 0.6) is 17.2 Å². The third-order valence-electron chi connectivity index (χ3n) is 5.31. The number of hydrogen-bond acceptors (Lipinski definition) is 8. The third kappa shape index (κ3) is 5.90. The lowest BCUT2D eigenvalue weighted by Crippen LogP contribution is -2.32. The molecule has 0 radical (unpaired) electrons. The van der Waals surface area contributed by atoms with Crippen molar-refractivity contribution in [2.24, 2.45) is 0 Å². The molecule has 1 aromatic heterocycles. The van der Waals surface area contributed by atoms with Crippen molar-refractivity contribution in [3.8, 4) is 17.2 Å². The first kappa shape index (κ1) is 23.7. The zero-order valence-corrected chi connectivity index (χ0v) is 19.4. The fraction of sp³-hybridized carbons (Fsp3) is 0.292. The van der Waals surface area contributed by atoms with Gasteiger partial charge in [0.1, 0.15) is 12.4 Å². The molecule has 0 saturated heterocycles. The number of hydrogen-bond donors (Lipinski definition) is 3. The number of carboxylic acids is 1. The molecule has 0 aliphatic carbocycles. The van der Waals surface area contributed by atoms with Crippen molar-refractivity contribution >= 4 is 28.3 Å². The number of ether oxygens (including phenoxy) is 3. The van der Waals surface area contributed by atoms with Gasteiger partial charge in [0.05, 0.1) is 12.2 Å². The Balaban J connectivity index is 1.59. The number of amides is 1. The van der Waals surface area contributed by atoms with E-state index in [1.807, 2.05) is 17.5 Å². The first-order valence-electron chi connectivity index (χ1n) is 10.8. The van der Waals surface area contributed by atoms with Crippen molar-refractivity contribution in [3.05, 3.63) is 64.7 Å². The molecule has 9 nitrogen and oxygen atoms in total. The lowest BCUT2D eigenvalue weighted by molar-refractivity contribution is -0.116. The van der Waals surface area contributed by atoms with Crippen molar-refractivity contribution in [3.63, 3.8) is 0 Å². The van der Waals surface area contributed by atoms with E-state index in [1.165, 1.54) is 23.5 Å². The van der Waals surface area contributed by atoms with Crippen LogP contribution >= 0.6 is 11.3 Å². The third-order valence-corrected chi connectivity index (χ3v) is 6.00. The maximum Gasteiger partial charge on any atom is 0.335 e. The number of thiazole rings is 1. The number of nitrogens with zero attached hydrogens (tertiary/aromatic N) is 1. The molecule has 0 bridgehead atoms. The van der Waals surface area contributed by atoms with Crippen LogP contribution in [0, 0.1) is 0 Å². The van der Waals surface area contributed by atoms with Crippen LogP contribution < -0.4 is 20.1 Å². The Labute approximate surface area is 200 Å². The van der Waals surface area contributed by atoms with Crippen LogP contribution in [0.3, 0.4) is 0 Å². The summed E-state index contributed by atoms with van der Waals surface area (Å²) in [6.07, 6.45) is 2.67. The standard InChI is InChI=1S/C24H25N3O6S/c1-31-9-10-32-20-12-16-6-7-25-19(14-22(28)27-24-26-8-11-34-24)18(16)13-21(20)33-17-4-2-15(3-5-17)23(29)30/h2-5,8,11-13,19,25H,6-7,9-10,14H2,1H3,(H,29,30)(H,26,27,28). The number of carboxylic acid groups (broad SMARTS) is 1. The molecule has 0 spiro atoms. The number of aromatic carboxylic acids is 1. The topological polar surface area (TPSA) is 119 Å².